The summed E-state index contributed by atoms with van der Waals surface area (Å²) in [5.74, 6) is 0.156. The van der Waals surface area contributed by atoms with E-state index in [0.717, 1.165) is 0 Å². The van der Waals surface area contributed by atoms with Crippen molar-refractivity contribution >= 4 is 21.7 Å². The highest BCUT2D eigenvalue weighted by Crippen LogP contribution is 2.44. The maximum absolute atomic E-state index is 12.7. The van der Waals surface area contributed by atoms with Crippen molar-refractivity contribution in [1.29, 1.82) is 0 Å². The Morgan fingerprint density at radius 3 is 2.39 bits per heavy atom. The lowest BCUT2D eigenvalue weighted by Crippen LogP contribution is -2.60. The highest BCUT2D eigenvalue weighted by atomic mass is 16.7. The molecule has 3 aromatic rings. The minimum absolute atomic E-state index is 0.0725. The smallest absolute Gasteiger partial charge is 0.229 e. The lowest BCUT2D eigenvalue weighted by molar-refractivity contribution is -0.289. The van der Waals surface area contributed by atoms with E-state index in [1.807, 2.05) is 0 Å². The molecule has 3 heterocycles. The van der Waals surface area contributed by atoms with Crippen molar-refractivity contribution in [2.75, 3.05) is 26.9 Å². The van der Waals surface area contributed by atoms with Crippen LogP contribution in [-0.4, -0.2) is 111 Å². The van der Waals surface area contributed by atoms with Gasteiger partial charge in [-0.05, 0) is 30.9 Å². The Morgan fingerprint density at radius 2 is 1.73 bits per heavy atom. The molecule has 2 aliphatic rings. The number of hydrogen-bond donors (Lipinski definition) is 7. The minimum Gasteiger partial charge on any atom is -0.506 e. The molecule has 0 bridgehead atoms. The van der Waals surface area contributed by atoms with Crippen LogP contribution in [0.15, 0.2) is 27.4 Å². The zero-order valence-electron chi connectivity index (χ0n) is 22.4. The predicted molar refractivity (Wildman–Crippen MR) is 139 cm³/mol. The fraction of sp³-hybridized carbons (Fsp3) is 0.519. The third-order valence-corrected chi connectivity index (χ3v) is 7.53. The molecule has 2 fully saturated rings. The molecule has 14 nitrogen and oxygen atoms in total. The van der Waals surface area contributed by atoms with Gasteiger partial charge in [0.25, 0.3) is 0 Å². The molecular weight excluding hydrogens is 548 g/mol. The van der Waals surface area contributed by atoms with E-state index < -0.39 is 79.7 Å². The first-order valence-electron chi connectivity index (χ1n) is 12.8. The van der Waals surface area contributed by atoms with Crippen molar-refractivity contribution in [2.45, 2.75) is 62.5 Å². The number of methoxy groups -OCH3 is 1. The Balaban J connectivity index is 1.48. The number of rotatable bonds is 7. The second-order valence-electron chi connectivity index (χ2n) is 10.3. The maximum atomic E-state index is 12.7. The Hall–Kier alpha value is -3.05. The van der Waals surface area contributed by atoms with Gasteiger partial charge in [-0.2, -0.15) is 0 Å². The van der Waals surface area contributed by atoms with Gasteiger partial charge < -0.3 is 63.8 Å². The molecule has 14 heteroatoms. The van der Waals surface area contributed by atoms with Gasteiger partial charge in [-0.15, -0.1) is 0 Å². The van der Waals surface area contributed by atoms with Gasteiger partial charge in [-0.1, -0.05) is 0 Å². The highest BCUT2D eigenvalue weighted by Gasteiger charge is 2.50. The molecule has 1 aromatic heterocycles. The van der Waals surface area contributed by atoms with E-state index in [0.29, 0.717) is 22.5 Å². The van der Waals surface area contributed by atoms with Crippen molar-refractivity contribution < 1.29 is 63.8 Å². The summed E-state index contributed by atoms with van der Waals surface area (Å²) in [5, 5.41) is 73.0. The molecule has 0 amide bonds. The van der Waals surface area contributed by atoms with Crippen molar-refractivity contribution in [3.63, 3.8) is 0 Å². The summed E-state index contributed by atoms with van der Waals surface area (Å²) in [6.07, 6.45) is -11.1. The first-order chi connectivity index (χ1) is 19.4. The number of aryl methyl sites for hydroxylation is 2. The molecule has 0 saturated carbocycles. The van der Waals surface area contributed by atoms with Crippen molar-refractivity contribution in [3.8, 4) is 17.2 Å². The van der Waals surface area contributed by atoms with E-state index in [1.54, 1.807) is 19.9 Å². The van der Waals surface area contributed by atoms with Crippen LogP contribution in [-0.2, 0) is 14.2 Å². The highest BCUT2D eigenvalue weighted by molar-refractivity contribution is 6.07. The number of phenolic OH excluding ortho intramolecular Hbond substituents is 1. The Kier molecular flexibility index (Phi) is 7.88. The van der Waals surface area contributed by atoms with E-state index in [1.165, 1.54) is 19.2 Å². The van der Waals surface area contributed by atoms with Crippen LogP contribution in [0.4, 0.5) is 0 Å². The van der Waals surface area contributed by atoms with Gasteiger partial charge in [0.2, 0.25) is 6.29 Å². The Labute approximate surface area is 232 Å². The molecule has 0 spiro atoms. The summed E-state index contributed by atoms with van der Waals surface area (Å²) in [6.45, 7) is 1.65. The molecule has 8 atom stereocenters. The summed E-state index contributed by atoms with van der Waals surface area (Å²) >= 11 is 0. The van der Waals surface area contributed by atoms with E-state index in [4.69, 9.17) is 28.1 Å². The third-order valence-electron chi connectivity index (χ3n) is 7.53. The first kappa shape index (κ1) is 29.4. The van der Waals surface area contributed by atoms with Crippen LogP contribution in [0.5, 0.6) is 17.2 Å². The number of phenols is 1. The van der Waals surface area contributed by atoms with Gasteiger partial charge in [0.15, 0.2) is 11.7 Å². The molecule has 41 heavy (non-hydrogen) atoms. The average molecular weight is 581 g/mol. The van der Waals surface area contributed by atoms with Crippen molar-refractivity contribution in [1.82, 2.24) is 0 Å². The number of aromatic hydroxyl groups is 1. The molecule has 5 rings (SSSR count). The third kappa shape index (κ3) is 5.01. The fourth-order valence-electron chi connectivity index (χ4n) is 5.11. The summed E-state index contributed by atoms with van der Waals surface area (Å²) in [5.41, 5.74) is -1.71. The molecule has 2 aliphatic heterocycles. The van der Waals surface area contributed by atoms with Crippen LogP contribution < -0.4 is 14.9 Å². The van der Waals surface area contributed by atoms with E-state index in [-0.39, 0.29) is 22.1 Å². The van der Waals surface area contributed by atoms with Gasteiger partial charge in [0.1, 0.15) is 70.1 Å². The monoisotopic (exact) mass is 580 g/mol. The summed E-state index contributed by atoms with van der Waals surface area (Å²) in [4.78, 5) is 12.7. The van der Waals surface area contributed by atoms with Gasteiger partial charge in [0.05, 0.1) is 32.3 Å². The quantitative estimate of drug-likeness (QED) is 0.165. The maximum Gasteiger partial charge on any atom is 0.229 e. The topological polar surface area (TPSA) is 218 Å². The van der Waals surface area contributed by atoms with Crippen LogP contribution in [0.1, 0.15) is 11.3 Å². The largest absolute Gasteiger partial charge is 0.506 e. The molecular formula is C27H32O14. The fourth-order valence-corrected chi connectivity index (χ4v) is 5.11. The number of benzene rings is 2. The lowest BCUT2D eigenvalue weighted by Gasteiger charge is -2.40. The van der Waals surface area contributed by atoms with Crippen molar-refractivity contribution in [3.05, 3.63) is 39.7 Å². The van der Waals surface area contributed by atoms with Gasteiger partial charge in [-0.25, -0.2) is 0 Å². The number of fused-ring (bicyclic) bond motifs is 2. The second-order valence-corrected chi connectivity index (χ2v) is 10.3. The van der Waals surface area contributed by atoms with Gasteiger partial charge in [-0.3, -0.25) is 4.79 Å². The second kappa shape index (κ2) is 11.0. The molecule has 224 valence electrons. The van der Waals surface area contributed by atoms with Crippen LogP contribution in [0.25, 0.3) is 21.7 Å². The minimum atomic E-state index is -1.94. The summed E-state index contributed by atoms with van der Waals surface area (Å²) < 4.78 is 33.4. The van der Waals surface area contributed by atoms with E-state index >= 15 is 0 Å². The van der Waals surface area contributed by atoms with Crippen LogP contribution in [0.2, 0.25) is 0 Å². The number of aliphatic hydroxyl groups is 6. The first-order valence-corrected chi connectivity index (χ1v) is 12.8. The Morgan fingerprint density at radius 1 is 1.00 bits per heavy atom. The SMILES string of the molecule is COc1cc(O[C@@H]2O[C@H](CO[C@@H]3OC[C@](O)(CO)[C@H]3O)[C@@H](O)[C@H](O)[C@H]2O)c2c(O)c3c(=O)cc(C)oc3cc2c1C. The Bertz CT molecular complexity index is 1500. The lowest BCUT2D eigenvalue weighted by atomic mass is 9.98. The number of ether oxygens (including phenoxy) is 5. The number of aliphatic hydroxyl groups excluding tert-OH is 5. The molecule has 0 radical (unpaired) electrons. The summed E-state index contributed by atoms with van der Waals surface area (Å²) in [6, 6.07) is 4.20. The number of hydrogen-bond acceptors (Lipinski definition) is 14. The molecule has 2 saturated heterocycles. The predicted octanol–water partition coefficient (Wildman–Crippen LogP) is -1.08. The van der Waals surface area contributed by atoms with Crippen LogP contribution >= 0.6 is 0 Å². The van der Waals surface area contributed by atoms with Crippen LogP contribution in [0, 0.1) is 13.8 Å². The van der Waals surface area contributed by atoms with E-state index in [2.05, 4.69) is 0 Å². The zero-order valence-corrected chi connectivity index (χ0v) is 22.4. The van der Waals surface area contributed by atoms with Crippen molar-refractivity contribution in [2.24, 2.45) is 0 Å². The molecule has 7 N–H and O–H groups in total. The van der Waals surface area contributed by atoms with E-state index in [9.17, 15) is 40.5 Å². The summed E-state index contributed by atoms with van der Waals surface area (Å²) in [7, 11) is 1.42. The molecule has 0 unspecified atom stereocenters. The van der Waals surface area contributed by atoms with Gasteiger partial charge >= 0.3 is 0 Å². The molecule has 2 aromatic carbocycles. The normalized spacial score (nSPS) is 32.1. The molecule has 0 aliphatic carbocycles. The average Bonchev–Trinajstić information content (AvgIpc) is 3.22. The van der Waals surface area contributed by atoms with Crippen LogP contribution in [0.3, 0.4) is 0 Å². The van der Waals surface area contributed by atoms with Gasteiger partial charge in [0, 0.05) is 12.1 Å². The zero-order chi connectivity index (χ0) is 29.8. The standard InChI is InChI=1S/C27H32O14/c1-10-4-13(29)19-15(39-10)5-12-11(2)14(36-3)6-16(18(12)21(19)31)40-25-23(33)22(32)20(30)17(41-25)7-37-26-24(34)27(35,8-28)9-38-26/h4-6,17,20,22-26,28,30-35H,7-9H2,1-3H3/t17-,20-,22+,23-,24+,25-,26-,27-/m1/s1.